The zero-order valence-corrected chi connectivity index (χ0v) is 12.2. The number of fused-ring (bicyclic) bond motifs is 4. The standard InChI is InChI=1S/C11H14OS.C4H10/c1-6-4-9-10(12)7-2-3-8(5-7)11(9)13-6;1-4(2)3/h4,7-8,10,12H,2-3,5H2,1H3;4H,1-3H3. The molecule has 3 unspecified atom stereocenters. The molecule has 3 rings (SSSR count). The summed E-state index contributed by atoms with van der Waals surface area (Å²) in [7, 11) is 0. The minimum Gasteiger partial charge on any atom is -0.388 e. The third-order valence-corrected chi connectivity index (χ3v) is 4.75. The fraction of sp³-hybridized carbons (Fsp3) is 0.733. The van der Waals surface area contributed by atoms with Crippen molar-refractivity contribution >= 4 is 11.3 Å². The van der Waals surface area contributed by atoms with E-state index < -0.39 is 0 Å². The van der Waals surface area contributed by atoms with Crippen LogP contribution in [0.1, 0.15) is 67.4 Å². The van der Waals surface area contributed by atoms with Gasteiger partial charge in [0.05, 0.1) is 6.10 Å². The van der Waals surface area contributed by atoms with Crippen LogP contribution in [0.2, 0.25) is 0 Å². The molecule has 96 valence electrons. The molecule has 2 aliphatic carbocycles. The summed E-state index contributed by atoms with van der Waals surface area (Å²) in [5.41, 5.74) is 1.25. The third-order valence-electron chi connectivity index (χ3n) is 3.52. The van der Waals surface area contributed by atoms with Crippen molar-refractivity contribution in [3.05, 3.63) is 21.4 Å². The summed E-state index contributed by atoms with van der Waals surface area (Å²) in [6.07, 6.45) is 3.61. The predicted molar refractivity (Wildman–Crippen MR) is 74.6 cm³/mol. The van der Waals surface area contributed by atoms with Gasteiger partial charge in [-0.05, 0) is 55.6 Å². The maximum absolute atomic E-state index is 10.1. The first-order valence-corrected chi connectivity index (χ1v) is 7.59. The summed E-state index contributed by atoms with van der Waals surface area (Å²) in [5, 5.41) is 10.1. The fourth-order valence-corrected chi connectivity index (χ4v) is 4.11. The van der Waals surface area contributed by atoms with Crippen LogP contribution in [0.15, 0.2) is 6.07 Å². The van der Waals surface area contributed by atoms with Crippen molar-refractivity contribution in [3.8, 4) is 0 Å². The monoisotopic (exact) mass is 252 g/mol. The maximum Gasteiger partial charge on any atom is 0.0829 e. The normalized spacial score (nSPS) is 29.9. The van der Waals surface area contributed by atoms with Crippen LogP contribution in [0.25, 0.3) is 0 Å². The molecule has 0 radical (unpaired) electrons. The van der Waals surface area contributed by atoms with Crippen LogP contribution >= 0.6 is 11.3 Å². The van der Waals surface area contributed by atoms with Crippen molar-refractivity contribution in [1.29, 1.82) is 0 Å². The van der Waals surface area contributed by atoms with Crippen LogP contribution in [0.4, 0.5) is 0 Å². The van der Waals surface area contributed by atoms with Crippen LogP contribution in [0.3, 0.4) is 0 Å². The smallest absolute Gasteiger partial charge is 0.0829 e. The first-order valence-electron chi connectivity index (χ1n) is 6.77. The fourth-order valence-electron chi connectivity index (χ4n) is 2.90. The lowest BCUT2D eigenvalue weighted by atomic mass is 9.86. The third kappa shape index (κ3) is 2.74. The van der Waals surface area contributed by atoms with E-state index in [0.717, 1.165) is 11.8 Å². The average molecular weight is 252 g/mol. The molecular formula is C15H24OS. The molecule has 17 heavy (non-hydrogen) atoms. The predicted octanol–water partition coefficient (Wildman–Crippen LogP) is 4.65. The van der Waals surface area contributed by atoms with Crippen molar-refractivity contribution in [2.45, 2.75) is 59.0 Å². The van der Waals surface area contributed by atoms with E-state index >= 15 is 0 Å². The Balaban J connectivity index is 0.000000239. The van der Waals surface area contributed by atoms with Gasteiger partial charge in [0.15, 0.2) is 0 Å². The van der Waals surface area contributed by atoms with E-state index in [-0.39, 0.29) is 6.10 Å². The number of aliphatic hydroxyl groups is 1. The molecule has 2 bridgehead atoms. The Kier molecular flexibility index (Phi) is 3.94. The molecule has 0 saturated heterocycles. The highest BCUT2D eigenvalue weighted by molar-refractivity contribution is 7.12. The van der Waals surface area contributed by atoms with Crippen molar-refractivity contribution < 1.29 is 5.11 Å². The van der Waals surface area contributed by atoms with Gasteiger partial charge in [-0.25, -0.2) is 0 Å². The van der Waals surface area contributed by atoms with Gasteiger partial charge in [-0.3, -0.25) is 0 Å². The molecule has 0 amide bonds. The van der Waals surface area contributed by atoms with E-state index in [1.807, 2.05) is 11.3 Å². The Bertz CT molecular complexity index is 364. The van der Waals surface area contributed by atoms with Gasteiger partial charge in [0.1, 0.15) is 0 Å². The van der Waals surface area contributed by atoms with E-state index in [2.05, 4.69) is 33.8 Å². The lowest BCUT2D eigenvalue weighted by Gasteiger charge is -2.24. The number of aliphatic hydroxyl groups excluding tert-OH is 1. The number of thiophene rings is 1. The van der Waals surface area contributed by atoms with E-state index in [9.17, 15) is 5.11 Å². The lowest BCUT2D eigenvalue weighted by Crippen LogP contribution is -2.14. The Morgan fingerprint density at radius 2 is 1.94 bits per heavy atom. The molecule has 1 heterocycles. The van der Waals surface area contributed by atoms with Gasteiger partial charge >= 0.3 is 0 Å². The van der Waals surface area contributed by atoms with Crippen LogP contribution in [-0.2, 0) is 0 Å². The largest absolute Gasteiger partial charge is 0.388 e. The molecule has 3 atom stereocenters. The van der Waals surface area contributed by atoms with Crippen LogP contribution in [0, 0.1) is 18.8 Å². The molecule has 0 spiro atoms. The summed E-state index contributed by atoms with van der Waals surface area (Å²) >= 11 is 1.89. The van der Waals surface area contributed by atoms with Gasteiger partial charge in [-0.2, -0.15) is 0 Å². The summed E-state index contributed by atoms with van der Waals surface area (Å²) in [6.45, 7) is 8.64. The van der Waals surface area contributed by atoms with Crippen molar-refractivity contribution in [1.82, 2.24) is 0 Å². The molecule has 2 heteroatoms. The molecule has 2 aliphatic rings. The molecule has 1 aromatic rings. The SMILES string of the molecule is CC(C)C.Cc1cc2c(s1)C1CCC(C1)C2O. The number of rotatable bonds is 0. The van der Waals surface area contributed by atoms with Gasteiger partial charge in [0.25, 0.3) is 0 Å². The zero-order chi connectivity index (χ0) is 12.6. The lowest BCUT2D eigenvalue weighted by molar-refractivity contribution is 0.105. The molecule has 1 nitrogen and oxygen atoms in total. The van der Waals surface area contributed by atoms with Gasteiger partial charge in [0, 0.05) is 9.75 Å². The quantitative estimate of drug-likeness (QED) is 0.712. The van der Waals surface area contributed by atoms with Crippen molar-refractivity contribution in [2.75, 3.05) is 0 Å². The minimum atomic E-state index is -0.154. The van der Waals surface area contributed by atoms with Crippen LogP contribution in [0.5, 0.6) is 0 Å². The second-order valence-electron chi connectivity index (χ2n) is 6.12. The summed E-state index contributed by atoms with van der Waals surface area (Å²) in [4.78, 5) is 2.84. The van der Waals surface area contributed by atoms with Crippen LogP contribution < -0.4 is 0 Å². The van der Waals surface area contributed by atoms with E-state index in [4.69, 9.17) is 0 Å². The van der Waals surface area contributed by atoms with Gasteiger partial charge in [-0.15, -0.1) is 11.3 Å². The molecule has 0 aromatic carbocycles. The molecule has 1 fully saturated rings. The summed E-state index contributed by atoms with van der Waals surface area (Å²) in [6, 6.07) is 2.19. The van der Waals surface area contributed by atoms with Gasteiger partial charge < -0.3 is 5.11 Å². The minimum absolute atomic E-state index is 0.154. The highest BCUT2D eigenvalue weighted by Crippen LogP contribution is 2.53. The summed E-state index contributed by atoms with van der Waals surface area (Å²) in [5.74, 6) is 2.17. The first-order chi connectivity index (χ1) is 7.99. The maximum atomic E-state index is 10.1. The Morgan fingerprint density at radius 1 is 1.29 bits per heavy atom. The Morgan fingerprint density at radius 3 is 2.59 bits per heavy atom. The number of hydrogen-bond acceptors (Lipinski definition) is 2. The van der Waals surface area contributed by atoms with Crippen LogP contribution in [-0.4, -0.2) is 5.11 Å². The highest BCUT2D eigenvalue weighted by atomic mass is 32.1. The molecule has 1 saturated carbocycles. The van der Waals surface area contributed by atoms with E-state index in [1.54, 1.807) is 0 Å². The van der Waals surface area contributed by atoms with Crippen molar-refractivity contribution in [2.24, 2.45) is 11.8 Å². The van der Waals surface area contributed by atoms with E-state index in [0.29, 0.717) is 5.92 Å². The van der Waals surface area contributed by atoms with E-state index in [1.165, 1.54) is 34.6 Å². The number of hydrogen-bond donors (Lipinski definition) is 1. The Hall–Kier alpha value is -0.340. The van der Waals surface area contributed by atoms with Gasteiger partial charge in [-0.1, -0.05) is 20.8 Å². The molecule has 1 N–H and O–H groups in total. The summed E-state index contributed by atoms with van der Waals surface area (Å²) < 4.78 is 0. The second kappa shape index (κ2) is 5.11. The molecule has 1 aromatic heterocycles. The second-order valence-corrected chi connectivity index (χ2v) is 7.41. The first kappa shape index (κ1) is 13.1. The topological polar surface area (TPSA) is 20.2 Å². The molecular weight excluding hydrogens is 228 g/mol. The number of aryl methyl sites for hydroxylation is 1. The van der Waals surface area contributed by atoms with Crippen molar-refractivity contribution in [3.63, 3.8) is 0 Å². The zero-order valence-electron chi connectivity index (χ0n) is 11.4. The highest BCUT2D eigenvalue weighted by Gasteiger charge is 2.39. The average Bonchev–Trinajstić information content (AvgIpc) is 2.78. The molecule has 0 aliphatic heterocycles. The van der Waals surface area contributed by atoms with Gasteiger partial charge in [0.2, 0.25) is 0 Å². The Labute approximate surface area is 109 Å².